The smallest absolute Gasteiger partial charge is 0.0918 e. The molecule has 0 fully saturated rings. The molecule has 0 saturated heterocycles. The van der Waals surface area contributed by atoms with Gasteiger partial charge in [0.2, 0.25) is 0 Å². The molecule has 4 heteroatoms. The highest BCUT2D eigenvalue weighted by atomic mass is 16.5. The van der Waals surface area contributed by atoms with Crippen LogP contribution in [0.3, 0.4) is 0 Å². The van der Waals surface area contributed by atoms with Crippen molar-refractivity contribution in [3.05, 3.63) is 0 Å². The van der Waals surface area contributed by atoms with Crippen LogP contribution in [0, 0.1) is 5.41 Å². The van der Waals surface area contributed by atoms with E-state index >= 15 is 0 Å². The quantitative estimate of drug-likeness (QED) is 0.455. The van der Waals surface area contributed by atoms with Gasteiger partial charge >= 0.3 is 0 Å². The van der Waals surface area contributed by atoms with Gasteiger partial charge in [0, 0.05) is 32.7 Å². The first kappa shape index (κ1) is 12.4. The van der Waals surface area contributed by atoms with Crippen molar-refractivity contribution < 1.29 is 4.74 Å². The number of methoxy groups -OCH3 is 1. The summed E-state index contributed by atoms with van der Waals surface area (Å²) in [6.07, 6.45) is 1.67. The van der Waals surface area contributed by atoms with Crippen LogP contribution in [0.2, 0.25) is 0 Å². The first-order valence-corrected chi connectivity index (χ1v) is 4.60. The van der Waals surface area contributed by atoms with Gasteiger partial charge in [0.25, 0.3) is 0 Å². The van der Waals surface area contributed by atoms with Crippen molar-refractivity contribution in [2.24, 2.45) is 5.73 Å². The Labute approximate surface area is 80.6 Å². The SMILES string of the molecule is COCCC(C)N(C)CCC(=N)N. The molecule has 0 spiro atoms. The Kier molecular flexibility index (Phi) is 6.54. The summed E-state index contributed by atoms with van der Waals surface area (Å²) in [5.41, 5.74) is 5.27. The van der Waals surface area contributed by atoms with Crippen LogP contribution in [-0.2, 0) is 4.74 Å². The predicted molar refractivity (Wildman–Crippen MR) is 55.1 cm³/mol. The molecule has 0 aromatic rings. The lowest BCUT2D eigenvalue weighted by atomic mass is 10.2. The molecule has 0 rings (SSSR count). The minimum Gasteiger partial charge on any atom is -0.388 e. The monoisotopic (exact) mass is 187 g/mol. The molecule has 0 aliphatic heterocycles. The van der Waals surface area contributed by atoms with E-state index in [4.69, 9.17) is 15.9 Å². The van der Waals surface area contributed by atoms with Crippen LogP contribution in [0.25, 0.3) is 0 Å². The average molecular weight is 187 g/mol. The number of amidine groups is 1. The topological polar surface area (TPSA) is 62.3 Å². The second kappa shape index (κ2) is 6.86. The molecule has 0 aromatic carbocycles. The van der Waals surface area contributed by atoms with Gasteiger partial charge < -0.3 is 15.4 Å². The molecule has 0 radical (unpaired) electrons. The minimum absolute atomic E-state index is 0.255. The van der Waals surface area contributed by atoms with Crippen molar-refractivity contribution in [2.45, 2.75) is 25.8 Å². The van der Waals surface area contributed by atoms with Crippen LogP contribution in [0.15, 0.2) is 0 Å². The second-order valence-electron chi connectivity index (χ2n) is 3.39. The molecule has 0 amide bonds. The maximum Gasteiger partial charge on any atom is 0.0918 e. The third-order valence-corrected chi connectivity index (χ3v) is 2.23. The van der Waals surface area contributed by atoms with E-state index in [1.165, 1.54) is 0 Å². The summed E-state index contributed by atoms with van der Waals surface area (Å²) in [6, 6.07) is 0.485. The van der Waals surface area contributed by atoms with Crippen molar-refractivity contribution in [1.29, 1.82) is 5.41 Å². The fraction of sp³-hybridized carbons (Fsp3) is 0.889. The van der Waals surface area contributed by atoms with E-state index in [0.717, 1.165) is 19.6 Å². The second-order valence-corrected chi connectivity index (χ2v) is 3.39. The molecule has 0 aromatic heterocycles. The molecule has 0 bridgehead atoms. The molecule has 78 valence electrons. The first-order chi connectivity index (χ1) is 6.07. The molecular weight excluding hydrogens is 166 g/mol. The molecular formula is C9H21N3O. The molecule has 4 nitrogen and oxygen atoms in total. The van der Waals surface area contributed by atoms with Crippen LogP contribution in [0.4, 0.5) is 0 Å². The molecule has 13 heavy (non-hydrogen) atoms. The Balaban J connectivity index is 3.56. The summed E-state index contributed by atoms with van der Waals surface area (Å²) in [4.78, 5) is 2.19. The van der Waals surface area contributed by atoms with E-state index in [9.17, 15) is 0 Å². The van der Waals surface area contributed by atoms with Crippen LogP contribution >= 0.6 is 0 Å². The largest absolute Gasteiger partial charge is 0.388 e. The van der Waals surface area contributed by atoms with Crippen molar-refractivity contribution >= 4 is 5.84 Å². The number of nitrogens with one attached hydrogen (secondary N) is 1. The van der Waals surface area contributed by atoms with Crippen molar-refractivity contribution in [2.75, 3.05) is 27.3 Å². The van der Waals surface area contributed by atoms with Gasteiger partial charge in [-0.2, -0.15) is 0 Å². The van der Waals surface area contributed by atoms with Crippen LogP contribution < -0.4 is 5.73 Å². The third-order valence-electron chi connectivity index (χ3n) is 2.23. The highest BCUT2D eigenvalue weighted by Crippen LogP contribution is 2.01. The first-order valence-electron chi connectivity index (χ1n) is 4.60. The Morgan fingerprint density at radius 1 is 1.62 bits per heavy atom. The average Bonchev–Trinajstić information content (AvgIpc) is 2.10. The zero-order valence-corrected chi connectivity index (χ0v) is 8.84. The standard InChI is InChI=1S/C9H21N3O/c1-8(5-7-13-3)12(2)6-4-9(10)11/h8H,4-7H2,1-3H3,(H3,10,11). The Bertz CT molecular complexity index is 150. The maximum atomic E-state index is 7.09. The molecule has 0 aliphatic carbocycles. The fourth-order valence-electron chi connectivity index (χ4n) is 1.03. The van der Waals surface area contributed by atoms with Crippen molar-refractivity contribution in [1.82, 2.24) is 4.90 Å². The number of hydrogen-bond donors (Lipinski definition) is 2. The van der Waals surface area contributed by atoms with Gasteiger partial charge in [0.05, 0.1) is 5.84 Å². The number of rotatable bonds is 7. The molecule has 0 aliphatic rings. The van der Waals surface area contributed by atoms with Gasteiger partial charge in [0.1, 0.15) is 0 Å². The van der Waals surface area contributed by atoms with Crippen LogP contribution in [-0.4, -0.2) is 44.1 Å². The summed E-state index contributed by atoms with van der Waals surface area (Å²) in [6.45, 7) is 3.78. The number of hydrogen-bond acceptors (Lipinski definition) is 3. The predicted octanol–water partition coefficient (Wildman–Crippen LogP) is 0.669. The summed E-state index contributed by atoms with van der Waals surface area (Å²) in [5, 5.41) is 7.09. The summed E-state index contributed by atoms with van der Waals surface area (Å²) in [7, 11) is 3.76. The van der Waals surface area contributed by atoms with E-state index in [2.05, 4.69) is 11.8 Å². The van der Waals surface area contributed by atoms with E-state index in [0.29, 0.717) is 12.5 Å². The van der Waals surface area contributed by atoms with Crippen LogP contribution in [0.1, 0.15) is 19.8 Å². The number of ether oxygens (including phenoxy) is 1. The van der Waals surface area contributed by atoms with Gasteiger partial charge in [-0.25, -0.2) is 0 Å². The number of nitrogens with two attached hydrogens (primary N) is 1. The van der Waals surface area contributed by atoms with Crippen LogP contribution in [0.5, 0.6) is 0 Å². The zero-order chi connectivity index (χ0) is 10.3. The van der Waals surface area contributed by atoms with Crippen molar-refractivity contribution in [3.8, 4) is 0 Å². The van der Waals surface area contributed by atoms with E-state index in [1.807, 2.05) is 7.05 Å². The molecule has 3 N–H and O–H groups in total. The summed E-state index contributed by atoms with van der Waals surface area (Å²) in [5.74, 6) is 0.255. The molecule has 0 heterocycles. The highest BCUT2D eigenvalue weighted by molar-refractivity contribution is 5.76. The van der Waals surface area contributed by atoms with Gasteiger partial charge in [-0.3, -0.25) is 5.41 Å². The fourth-order valence-corrected chi connectivity index (χ4v) is 1.03. The Morgan fingerprint density at radius 3 is 2.69 bits per heavy atom. The highest BCUT2D eigenvalue weighted by Gasteiger charge is 2.08. The summed E-state index contributed by atoms with van der Waals surface area (Å²) < 4.78 is 4.99. The lowest BCUT2D eigenvalue weighted by Crippen LogP contribution is -2.32. The van der Waals surface area contributed by atoms with E-state index in [-0.39, 0.29) is 5.84 Å². The summed E-state index contributed by atoms with van der Waals surface area (Å²) >= 11 is 0. The normalized spacial score (nSPS) is 13.2. The van der Waals surface area contributed by atoms with Gasteiger partial charge in [-0.05, 0) is 20.4 Å². The molecule has 1 atom stereocenters. The van der Waals surface area contributed by atoms with Gasteiger partial charge in [0.15, 0.2) is 0 Å². The Morgan fingerprint density at radius 2 is 2.23 bits per heavy atom. The van der Waals surface area contributed by atoms with E-state index in [1.54, 1.807) is 7.11 Å². The zero-order valence-electron chi connectivity index (χ0n) is 8.84. The van der Waals surface area contributed by atoms with E-state index < -0.39 is 0 Å². The maximum absolute atomic E-state index is 7.09. The Hall–Kier alpha value is -0.610. The molecule has 0 saturated carbocycles. The third kappa shape index (κ3) is 6.54. The number of nitrogens with zero attached hydrogens (tertiary/aromatic N) is 1. The van der Waals surface area contributed by atoms with Gasteiger partial charge in [-0.15, -0.1) is 0 Å². The van der Waals surface area contributed by atoms with Crippen molar-refractivity contribution in [3.63, 3.8) is 0 Å². The molecule has 1 unspecified atom stereocenters. The lowest BCUT2D eigenvalue weighted by Gasteiger charge is -2.23. The lowest BCUT2D eigenvalue weighted by molar-refractivity contribution is 0.154. The minimum atomic E-state index is 0.255. The van der Waals surface area contributed by atoms with Gasteiger partial charge in [-0.1, -0.05) is 0 Å².